The second-order valence-electron chi connectivity index (χ2n) is 2.94. The van der Waals surface area contributed by atoms with Crippen LogP contribution in [0.15, 0.2) is 29.4 Å². The zero-order chi connectivity index (χ0) is 12.9. The van der Waals surface area contributed by atoms with Gasteiger partial charge in [-0.15, -0.1) is 0 Å². The van der Waals surface area contributed by atoms with Crippen LogP contribution in [0.4, 0.5) is 17.6 Å². The molecule has 0 aromatic heterocycles. The molecule has 0 bridgehead atoms. The van der Waals surface area contributed by atoms with E-state index >= 15 is 0 Å². The Morgan fingerprint density at radius 3 is 2.35 bits per heavy atom. The van der Waals surface area contributed by atoms with Crippen LogP contribution in [-0.2, 0) is 4.84 Å². The highest BCUT2D eigenvalue weighted by molar-refractivity contribution is 5.63. The van der Waals surface area contributed by atoms with Gasteiger partial charge in [-0.25, -0.2) is 4.39 Å². The minimum absolute atomic E-state index is 0.216. The molecule has 17 heavy (non-hydrogen) atoms. The molecule has 3 nitrogen and oxygen atoms in total. The van der Waals surface area contributed by atoms with E-state index in [1.165, 1.54) is 12.1 Å². The van der Waals surface area contributed by atoms with Gasteiger partial charge < -0.3 is 4.84 Å². The molecule has 1 unspecified atom stereocenters. The first-order valence-corrected chi connectivity index (χ1v) is 4.34. The molecule has 0 spiro atoms. The highest BCUT2D eigenvalue weighted by atomic mass is 19.4. The predicted molar refractivity (Wildman–Crippen MR) is 50.4 cm³/mol. The SMILES string of the molecule is N#CC(ON=CC(F)(F)F)c1ccc(F)cc1. The Morgan fingerprint density at radius 1 is 1.29 bits per heavy atom. The fourth-order valence-corrected chi connectivity index (χ4v) is 0.948. The van der Waals surface area contributed by atoms with E-state index in [-0.39, 0.29) is 11.8 Å². The minimum Gasteiger partial charge on any atom is -0.372 e. The molecule has 90 valence electrons. The molecule has 1 aromatic rings. The van der Waals surface area contributed by atoms with Gasteiger partial charge in [-0.05, 0) is 12.1 Å². The number of nitrogens with zero attached hydrogens (tertiary/aromatic N) is 2. The lowest BCUT2D eigenvalue weighted by Gasteiger charge is -2.07. The first-order valence-electron chi connectivity index (χ1n) is 4.34. The quantitative estimate of drug-likeness (QED) is 0.467. The Balaban J connectivity index is 2.71. The third-order valence-corrected chi connectivity index (χ3v) is 1.66. The Bertz CT molecular complexity index is 433. The van der Waals surface area contributed by atoms with Crippen molar-refractivity contribution in [3.05, 3.63) is 35.6 Å². The van der Waals surface area contributed by atoms with E-state index in [1.54, 1.807) is 6.07 Å². The molecule has 0 aliphatic rings. The summed E-state index contributed by atoms with van der Waals surface area (Å²) in [4.78, 5) is 4.36. The van der Waals surface area contributed by atoms with Crippen LogP contribution in [-0.4, -0.2) is 12.4 Å². The standard InChI is InChI=1S/C10H6F4N2O/c11-8-3-1-7(2-4-8)9(5-15)17-16-6-10(12,13)14/h1-4,6,9H. The summed E-state index contributed by atoms with van der Waals surface area (Å²) < 4.78 is 47.7. The van der Waals surface area contributed by atoms with Crippen molar-refractivity contribution < 1.29 is 22.4 Å². The van der Waals surface area contributed by atoms with E-state index in [9.17, 15) is 17.6 Å². The van der Waals surface area contributed by atoms with E-state index < -0.39 is 18.1 Å². The summed E-state index contributed by atoms with van der Waals surface area (Å²) in [5.41, 5.74) is 0.216. The first kappa shape index (κ1) is 13.0. The molecule has 0 saturated heterocycles. The monoisotopic (exact) mass is 246 g/mol. The lowest BCUT2D eigenvalue weighted by atomic mass is 10.1. The molecule has 0 saturated carbocycles. The van der Waals surface area contributed by atoms with Crippen LogP contribution in [0.3, 0.4) is 0 Å². The van der Waals surface area contributed by atoms with Crippen LogP contribution >= 0.6 is 0 Å². The second kappa shape index (κ2) is 5.30. The number of oxime groups is 1. The lowest BCUT2D eigenvalue weighted by Crippen LogP contribution is -2.09. The first-order chi connectivity index (χ1) is 7.92. The van der Waals surface area contributed by atoms with Gasteiger partial charge in [-0.2, -0.15) is 18.4 Å². The number of alkyl halides is 3. The number of hydrogen-bond donors (Lipinski definition) is 0. The molecule has 1 rings (SSSR count). The van der Waals surface area contributed by atoms with Gasteiger partial charge in [0.1, 0.15) is 18.1 Å². The molecule has 0 aliphatic carbocycles. The van der Waals surface area contributed by atoms with Gasteiger partial charge in [0.2, 0.25) is 6.10 Å². The Labute approximate surface area is 93.9 Å². The van der Waals surface area contributed by atoms with E-state index in [4.69, 9.17) is 5.26 Å². The molecular weight excluding hydrogens is 240 g/mol. The maximum absolute atomic E-state index is 12.6. The highest BCUT2D eigenvalue weighted by Gasteiger charge is 2.24. The zero-order valence-corrected chi connectivity index (χ0v) is 8.28. The van der Waals surface area contributed by atoms with Gasteiger partial charge in [-0.1, -0.05) is 17.3 Å². The number of hydrogen-bond acceptors (Lipinski definition) is 3. The van der Waals surface area contributed by atoms with Crippen LogP contribution in [0, 0.1) is 17.1 Å². The van der Waals surface area contributed by atoms with E-state index in [1.807, 2.05) is 0 Å². The van der Waals surface area contributed by atoms with Gasteiger partial charge in [-0.3, -0.25) is 0 Å². The number of halogens is 4. The van der Waals surface area contributed by atoms with Crippen LogP contribution < -0.4 is 0 Å². The maximum atomic E-state index is 12.6. The number of rotatable bonds is 3. The summed E-state index contributed by atoms with van der Waals surface area (Å²) >= 11 is 0. The summed E-state index contributed by atoms with van der Waals surface area (Å²) in [6, 6.07) is 6.19. The van der Waals surface area contributed by atoms with Crippen LogP contribution in [0.1, 0.15) is 11.7 Å². The van der Waals surface area contributed by atoms with Crippen molar-refractivity contribution in [1.29, 1.82) is 5.26 Å². The van der Waals surface area contributed by atoms with Crippen molar-refractivity contribution in [1.82, 2.24) is 0 Å². The fourth-order valence-electron chi connectivity index (χ4n) is 0.948. The molecule has 0 amide bonds. The number of benzene rings is 1. The Morgan fingerprint density at radius 2 is 1.88 bits per heavy atom. The average molecular weight is 246 g/mol. The molecular formula is C10H6F4N2O. The molecule has 1 aromatic carbocycles. The van der Waals surface area contributed by atoms with Gasteiger partial charge >= 0.3 is 6.18 Å². The maximum Gasteiger partial charge on any atom is 0.429 e. The lowest BCUT2D eigenvalue weighted by molar-refractivity contribution is -0.0575. The Hall–Kier alpha value is -2.10. The zero-order valence-electron chi connectivity index (χ0n) is 8.28. The molecule has 0 N–H and O–H groups in total. The third-order valence-electron chi connectivity index (χ3n) is 1.66. The third kappa shape index (κ3) is 4.51. The topological polar surface area (TPSA) is 45.4 Å². The van der Waals surface area contributed by atoms with E-state index in [0.29, 0.717) is 0 Å². The van der Waals surface area contributed by atoms with Crippen LogP contribution in [0.25, 0.3) is 0 Å². The van der Waals surface area contributed by atoms with Crippen LogP contribution in [0.2, 0.25) is 0 Å². The summed E-state index contributed by atoms with van der Waals surface area (Å²) in [5.74, 6) is -0.524. The van der Waals surface area contributed by atoms with Crippen molar-refractivity contribution in [2.24, 2.45) is 5.16 Å². The fraction of sp³-hybridized carbons (Fsp3) is 0.200. The van der Waals surface area contributed by atoms with Crippen molar-refractivity contribution in [3.63, 3.8) is 0 Å². The van der Waals surface area contributed by atoms with E-state index in [0.717, 1.165) is 12.1 Å². The van der Waals surface area contributed by atoms with Gasteiger partial charge in [0.25, 0.3) is 0 Å². The van der Waals surface area contributed by atoms with Crippen molar-refractivity contribution >= 4 is 6.21 Å². The van der Waals surface area contributed by atoms with Gasteiger partial charge in [0.05, 0.1) is 0 Å². The summed E-state index contributed by atoms with van der Waals surface area (Å²) in [7, 11) is 0. The Kier molecular flexibility index (Phi) is 4.04. The molecule has 0 radical (unpaired) electrons. The largest absolute Gasteiger partial charge is 0.429 e. The molecule has 0 aliphatic heterocycles. The normalized spacial score (nSPS) is 13.4. The summed E-state index contributed by atoms with van der Waals surface area (Å²) in [6.07, 6.45) is -6.29. The average Bonchev–Trinajstić information content (AvgIpc) is 2.24. The second-order valence-corrected chi connectivity index (χ2v) is 2.94. The molecule has 0 fully saturated rings. The minimum atomic E-state index is -4.61. The molecule has 7 heteroatoms. The van der Waals surface area contributed by atoms with Gasteiger partial charge in [0, 0.05) is 5.56 Å². The molecule has 0 heterocycles. The summed E-state index contributed by atoms with van der Waals surface area (Å²) in [6.45, 7) is 0. The van der Waals surface area contributed by atoms with Crippen LogP contribution in [0.5, 0.6) is 0 Å². The summed E-state index contributed by atoms with van der Waals surface area (Å²) in [5, 5.41) is 11.3. The highest BCUT2D eigenvalue weighted by Crippen LogP contribution is 2.18. The van der Waals surface area contributed by atoms with Gasteiger partial charge in [0.15, 0.2) is 0 Å². The molecule has 1 atom stereocenters. The van der Waals surface area contributed by atoms with E-state index in [2.05, 4.69) is 9.99 Å². The smallest absolute Gasteiger partial charge is 0.372 e. The predicted octanol–water partition coefficient (Wildman–Crippen LogP) is 2.96. The number of nitriles is 1. The van der Waals surface area contributed by atoms with Crippen molar-refractivity contribution in [2.75, 3.05) is 0 Å². The van der Waals surface area contributed by atoms with Crippen molar-refractivity contribution in [3.8, 4) is 6.07 Å². The van der Waals surface area contributed by atoms with Crippen molar-refractivity contribution in [2.45, 2.75) is 12.3 Å².